The molecule has 0 aliphatic rings. The van der Waals surface area contributed by atoms with E-state index in [1.54, 1.807) is 19.1 Å². The maximum atomic E-state index is 13.7. The number of ether oxygens (including phenoxy) is 1. The Kier molecular flexibility index (Phi) is 6.95. The van der Waals surface area contributed by atoms with E-state index in [9.17, 15) is 12.8 Å². The van der Waals surface area contributed by atoms with Crippen LogP contribution < -0.4 is 10.1 Å². The molecule has 114 valence electrons. The second-order valence-electron chi connectivity index (χ2n) is 4.48. The van der Waals surface area contributed by atoms with Crippen LogP contribution in [0.1, 0.15) is 25.8 Å². The van der Waals surface area contributed by atoms with Gasteiger partial charge in [-0.05, 0) is 30.7 Å². The van der Waals surface area contributed by atoms with Gasteiger partial charge in [-0.25, -0.2) is 12.8 Å². The minimum absolute atomic E-state index is 0.0730. The van der Waals surface area contributed by atoms with E-state index in [-0.39, 0.29) is 23.9 Å². The molecule has 0 amide bonds. The Hall–Kier alpha value is -1.14. The van der Waals surface area contributed by atoms with Gasteiger partial charge in [0.25, 0.3) is 0 Å². The first-order chi connectivity index (χ1) is 9.48. The predicted molar refractivity (Wildman–Crippen MR) is 78.2 cm³/mol. The summed E-state index contributed by atoms with van der Waals surface area (Å²) >= 11 is 0. The van der Waals surface area contributed by atoms with Crippen LogP contribution in [0.2, 0.25) is 0 Å². The highest BCUT2D eigenvalue weighted by Crippen LogP contribution is 2.18. The fraction of sp³-hybridized carbons (Fsp3) is 0.571. The molecule has 0 atom stereocenters. The molecule has 0 unspecified atom stereocenters. The highest BCUT2D eigenvalue weighted by molar-refractivity contribution is 7.91. The molecule has 0 fully saturated rings. The van der Waals surface area contributed by atoms with E-state index in [0.29, 0.717) is 13.0 Å². The van der Waals surface area contributed by atoms with E-state index < -0.39 is 15.7 Å². The molecule has 20 heavy (non-hydrogen) atoms. The third-order valence-corrected chi connectivity index (χ3v) is 4.66. The molecule has 0 heterocycles. The average molecular weight is 303 g/mol. The second-order valence-corrected chi connectivity index (χ2v) is 6.96. The number of rotatable bonds is 9. The monoisotopic (exact) mass is 303 g/mol. The van der Waals surface area contributed by atoms with Crippen molar-refractivity contribution in [3.05, 3.63) is 29.6 Å². The molecule has 0 aromatic heterocycles. The Morgan fingerprint density at radius 2 is 2.05 bits per heavy atom. The van der Waals surface area contributed by atoms with Crippen molar-refractivity contribution >= 4 is 9.84 Å². The van der Waals surface area contributed by atoms with E-state index in [1.807, 2.05) is 6.92 Å². The Morgan fingerprint density at radius 1 is 1.30 bits per heavy atom. The molecule has 0 saturated carbocycles. The summed E-state index contributed by atoms with van der Waals surface area (Å²) in [4.78, 5) is 0. The van der Waals surface area contributed by atoms with E-state index in [0.717, 1.165) is 12.1 Å². The highest BCUT2D eigenvalue weighted by Gasteiger charge is 2.08. The molecule has 0 aliphatic carbocycles. The van der Waals surface area contributed by atoms with Crippen LogP contribution in [0, 0.1) is 5.82 Å². The minimum atomic E-state index is -2.98. The van der Waals surface area contributed by atoms with Crippen molar-refractivity contribution in [2.45, 2.75) is 26.8 Å². The van der Waals surface area contributed by atoms with Crippen LogP contribution in [-0.2, 0) is 16.4 Å². The van der Waals surface area contributed by atoms with Crippen molar-refractivity contribution < 1.29 is 17.5 Å². The van der Waals surface area contributed by atoms with Gasteiger partial charge in [-0.3, -0.25) is 0 Å². The van der Waals surface area contributed by atoms with Gasteiger partial charge in [-0.2, -0.15) is 0 Å². The van der Waals surface area contributed by atoms with Gasteiger partial charge in [0.15, 0.2) is 11.6 Å². The Balaban J connectivity index is 2.44. The molecule has 0 aliphatic heterocycles. The lowest BCUT2D eigenvalue weighted by Crippen LogP contribution is -2.13. The van der Waals surface area contributed by atoms with E-state index in [2.05, 4.69) is 5.32 Å². The van der Waals surface area contributed by atoms with Crippen molar-refractivity contribution in [2.75, 3.05) is 24.7 Å². The van der Waals surface area contributed by atoms with Crippen LogP contribution in [0.15, 0.2) is 18.2 Å². The van der Waals surface area contributed by atoms with Gasteiger partial charge in [0.1, 0.15) is 9.84 Å². The maximum Gasteiger partial charge on any atom is 0.165 e. The molecule has 0 bridgehead atoms. The molecule has 0 spiro atoms. The lowest BCUT2D eigenvalue weighted by Gasteiger charge is -2.09. The predicted octanol–water partition coefficient (Wildman–Crippen LogP) is 2.14. The zero-order valence-electron chi connectivity index (χ0n) is 12.0. The smallest absolute Gasteiger partial charge is 0.165 e. The van der Waals surface area contributed by atoms with Gasteiger partial charge in [0.2, 0.25) is 0 Å². The number of hydrogen-bond acceptors (Lipinski definition) is 4. The van der Waals surface area contributed by atoms with Crippen LogP contribution in [0.25, 0.3) is 0 Å². The lowest BCUT2D eigenvalue weighted by molar-refractivity contribution is 0.301. The molecule has 1 aromatic rings. The summed E-state index contributed by atoms with van der Waals surface area (Å²) in [5, 5.41) is 3.11. The van der Waals surface area contributed by atoms with E-state index in [1.165, 1.54) is 6.07 Å². The number of sulfone groups is 1. The first-order valence-corrected chi connectivity index (χ1v) is 8.63. The molecule has 1 N–H and O–H groups in total. The quantitative estimate of drug-likeness (QED) is 0.710. The van der Waals surface area contributed by atoms with Crippen molar-refractivity contribution in [2.24, 2.45) is 0 Å². The number of benzene rings is 1. The molecule has 4 nitrogen and oxygen atoms in total. The van der Waals surface area contributed by atoms with E-state index >= 15 is 0 Å². The first-order valence-electron chi connectivity index (χ1n) is 6.81. The summed E-state index contributed by atoms with van der Waals surface area (Å²) < 4.78 is 41.6. The van der Waals surface area contributed by atoms with Crippen LogP contribution in [0.5, 0.6) is 5.75 Å². The lowest BCUT2D eigenvalue weighted by atomic mass is 10.2. The molecular formula is C14H22FNO3S. The molecule has 1 aromatic carbocycles. The number of nitrogens with one attached hydrogen (secondary N) is 1. The second kappa shape index (κ2) is 8.21. The standard InChI is InChI=1S/C14H22FNO3S/c1-3-16-11-12-6-7-14(13(15)10-12)19-8-5-9-20(17,18)4-2/h6-7,10,16H,3-5,8-9,11H2,1-2H3. The zero-order chi connectivity index (χ0) is 15.0. The topological polar surface area (TPSA) is 55.4 Å². The van der Waals surface area contributed by atoms with Crippen LogP contribution in [-0.4, -0.2) is 33.1 Å². The molecule has 1 rings (SSSR count). The number of halogens is 1. The third kappa shape index (κ3) is 5.88. The average Bonchev–Trinajstić information content (AvgIpc) is 2.43. The summed E-state index contributed by atoms with van der Waals surface area (Å²) in [5.74, 6) is -0.0534. The number of hydrogen-bond donors (Lipinski definition) is 1. The van der Waals surface area contributed by atoms with Gasteiger partial charge >= 0.3 is 0 Å². The Morgan fingerprint density at radius 3 is 2.65 bits per heavy atom. The SMILES string of the molecule is CCNCc1ccc(OCCCS(=O)(=O)CC)c(F)c1. The Bertz CT molecular complexity index is 517. The molecule has 0 radical (unpaired) electrons. The van der Waals surface area contributed by atoms with E-state index in [4.69, 9.17) is 4.74 Å². The maximum absolute atomic E-state index is 13.7. The fourth-order valence-corrected chi connectivity index (χ4v) is 2.49. The van der Waals surface area contributed by atoms with Crippen molar-refractivity contribution in [3.8, 4) is 5.75 Å². The summed E-state index contributed by atoms with van der Waals surface area (Å²) in [6.07, 6.45) is 0.370. The van der Waals surface area contributed by atoms with Gasteiger partial charge in [0.05, 0.1) is 12.4 Å². The molecular weight excluding hydrogens is 281 g/mol. The van der Waals surface area contributed by atoms with Crippen LogP contribution in [0.3, 0.4) is 0 Å². The zero-order valence-corrected chi connectivity index (χ0v) is 12.8. The highest BCUT2D eigenvalue weighted by atomic mass is 32.2. The molecule has 6 heteroatoms. The van der Waals surface area contributed by atoms with Gasteiger partial charge in [0, 0.05) is 12.3 Å². The third-order valence-electron chi connectivity index (χ3n) is 2.87. The fourth-order valence-electron chi connectivity index (χ4n) is 1.65. The van der Waals surface area contributed by atoms with Crippen molar-refractivity contribution in [1.82, 2.24) is 5.32 Å². The molecule has 0 saturated heterocycles. The Labute approximate surface area is 120 Å². The van der Waals surface area contributed by atoms with Crippen LogP contribution >= 0.6 is 0 Å². The van der Waals surface area contributed by atoms with Crippen LogP contribution in [0.4, 0.5) is 4.39 Å². The minimum Gasteiger partial charge on any atom is -0.490 e. The summed E-state index contributed by atoms with van der Waals surface area (Å²) in [5.41, 5.74) is 0.852. The first kappa shape index (κ1) is 16.9. The van der Waals surface area contributed by atoms with Crippen molar-refractivity contribution in [3.63, 3.8) is 0 Å². The summed E-state index contributed by atoms with van der Waals surface area (Å²) in [6.45, 7) is 5.23. The van der Waals surface area contributed by atoms with Crippen molar-refractivity contribution in [1.29, 1.82) is 0 Å². The van der Waals surface area contributed by atoms with Gasteiger partial charge in [-0.1, -0.05) is 19.9 Å². The summed E-state index contributed by atoms with van der Waals surface area (Å²) in [7, 11) is -2.98. The van der Waals surface area contributed by atoms with Gasteiger partial charge < -0.3 is 10.1 Å². The van der Waals surface area contributed by atoms with Gasteiger partial charge in [-0.15, -0.1) is 0 Å². The summed E-state index contributed by atoms with van der Waals surface area (Å²) in [6, 6.07) is 4.81. The normalized spacial score (nSPS) is 11.6. The largest absolute Gasteiger partial charge is 0.490 e.